The molecule has 1 rings (SSSR count). The fraction of sp³-hybridized carbons (Fsp3) is 0.467. The molecule has 0 aliphatic carbocycles. The number of hydrogen-bond donors (Lipinski definition) is 3. The highest BCUT2D eigenvalue weighted by Gasteiger charge is 2.21. The molecule has 0 saturated heterocycles. The minimum atomic E-state index is -1.02. The van der Waals surface area contributed by atoms with Crippen molar-refractivity contribution >= 4 is 17.7 Å². The maximum Gasteiger partial charge on any atom is 0.326 e. The van der Waals surface area contributed by atoms with E-state index in [1.54, 1.807) is 6.07 Å². The van der Waals surface area contributed by atoms with Crippen molar-refractivity contribution in [1.29, 1.82) is 0 Å². The summed E-state index contributed by atoms with van der Waals surface area (Å²) in [6.45, 7) is 5.83. The minimum absolute atomic E-state index is 0.194. The molecule has 0 radical (unpaired) electrons. The van der Waals surface area contributed by atoms with Crippen molar-refractivity contribution in [3.63, 3.8) is 0 Å². The van der Waals surface area contributed by atoms with Crippen molar-refractivity contribution in [3.8, 4) is 0 Å². The number of aryl methyl sites for hydroxylation is 1. The molecule has 2 amide bonds. The van der Waals surface area contributed by atoms with Crippen LogP contribution in [0.2, 0.25) is 0 Å². The zero-order valence-corrected chi connectivity index (χ0v) is 12.1. The SMILES string of the molecule is CCc1ccccc1NC(=O)NC(CC(C)C)C(=O)O. The first-order valence-corrected chi connectivity index (χ1v) is 6.82. The Kier molecular flexibility index (Phi) is 6.03. The van der Waals surface area contributed by atoms with E-state index in [-0.39, 0.29) is 5.92 Å². The maximum absolute atomic E-state index is 11.9. The molecule has 0 spiro atoms. The van der Waals surface area contributed by atoms with Crippen LogP contribution in [0.5, 0.6) is 0 Å². The molecular weight excluding hydrogens is 256 g/mol. The molecule has 5 nitrogen and oxygen atoms in total. The third kappa shape index (κ3) is 4.91. The number of hydrogen-bond acceptors (Lipinski definition) is 2. The average Bonchev–Trinajstić information content (AvgIpc) is 2.37. The van der Waals surface area contributed by atoms with Gasteiger partial charge < -0.3 is 15.7 Å². The molecule has 0 aliphatic heterocycles. The number of amides is 2. The Balaban J connectivity index is 2.68. The summed E-state index contributed by atoms with van der Waals surface area (Å²) in [7, 11) is 0. The first-order valence-electron chi connectivity index (χ1n) is 6.82. The number of carboxylic acid groups (broad SMARTS) is 1. The Bertz CT molecular complexity index is 472. The Morgan fingerprint density at radius 3 is 2.45 bits per heavy atom. The zero-order valence-electron chi connectivity index (χ0n) is 12.1. The number of urea groups is 1. The van der Waals surface area contributed by atoms with Crippen molar-refractivity contribution in [2.45, 2.75) is 39.7 Å². The van der Waals surface area contributed by atoms with Gasteiger partial charge in [0, 0.05) is 5.69 Å². The van der Waals surface area contributed by atoms with Crippen LogP contribution in [0.3, 0.4) is 0 Å². The Hall–Kier alpha value is -2.04. The lowest BCUT2D eigenvalue weighted by Crippen LogP contribution is -2.43. The van der Waals surface area contributed by atoms with Gasteiger partial charge in [-0.1, -0.05) is 39.0 Å². The number of para-hydroxylation sites is 1. The van der Waals surface area contributed by atoms with Crippen molar-refractivity contribution < 1.29 is 14.7 Å². The van der Waals surface area contributed by atoms with Gasteiger partial charge in [0.15, 0.2) is 0 Å². The second-order valence-corrected chi connectivity index (χ2v) is 5.13. The highest BCUT2D eigenvalue weighted by atomic mass is 16.4. The molecule has 0 aromatic heterocycles. The first kappa shape index (κ1) is 16.0. The second-order valence-electron chi connectivity index (χ2n) is 5.13. The van der Waals surface area contributed by atoms with E-state index in [9.17, 15) is 9.59 Å². The normalized spacial score (nSPS) is 12.0. The average molecular weight is 278 g/mol. The molecule has 1 aromatic rings. The molecule has 3 N–H and O–H groups in total. The maximum atomic E-state index is 11.9. The predicted molar refractivity (Wildman–Crippen MR) is 78.9 cm³/mol. The monoisotopic (exact) mass is 278 g/mol. The highest BCUT2D eigenvalue weighted by molar-refractivity contribution is 5.92. The van der Waals surface area contributed by atoms with Crippen LogP contribution in [0.25, 0.3) is 0 Å². The molecule has 1 aromatic carbocycles. The second kappa shape index (κ2) is 7.53. The third-order valence-electron chi connectivity index (χ3n) is 2.96. The quantitative estimate of drug-likeness (QED) is 0.748. The summed E-state index contributed by atoms with van der Waals surface area (Å²) in [5.41, 5.74) is 1.72. The van der Waals surface area contributed by atoms with E-state index in [0.717, 1.165) is 12.0 Å². The van der Waals surface area contributed by atoms with Gasteiger partial charge in [-0.3, -0.25) is 0 Å². The molecule has 5 heteroatoms. The van der Waals surface area contributed by atoms with Gasteiger partial charge in [0.2, 0.25) is 0 Å². The van der Waals surface area contributed by atoms with Crippen LogP contribution in [-0.2, 0) is 11.2 Å². The summed E-state index contributed by atoms with van der Waals surface area (Å²) in [6.07, 6.45) is 1.20. The standard InChI is InChI=1S/C15H22N2O3/c1-4-11-7-5-6-8-12(11)16-15(20)17-13(14(18)19)9-10(2)3/h5-8,10,13H,4,9H2,1-3H3,(H,18,19)(H2,16,17,20). The van der Waals surface area contributed by atoms with Gasteiger partial charge in [-0.25, -0.2) is 9.59 Å². The van der Waals surface area contributed by atoms with E-state index in [1.165, 1.54) is 0 Å². The lowest BCUT2D eigenvalue weighted by Gasteiger charge is -2.17. The predicted octanol–water partition coefficient (Wildman–Crippen LogP) is 2.87. The van der Waals surface area contributed by atoms with Crippen LogP contribution in [0.1, 0.15) is 32.8 Å². The molecular formula is C15H22N2O3. The molecule has 1 atom stereocenters. The van der Waals surface area contributed by atoms with Crippen molar-refractivity contribution in [2.24, 2.45) is 5.92 Å². The van der Waals surface area contributed by atoms with Gasteiger partial charge in [0.25, 0.3) is 0 Å². The smallest absolute Gasteiger partial charge is 0.326 e. The van der Waals surface area contributed by atoms with E-state index in [4.69, 9.17) is 5.11 Å². The van der Waals surface area contributed by atoms with Gasteiger partial charge in [-0.2, -0.15) is 0 Å². The molecule has 0 bridgehead atoms. The number of benzene rings is 1. The molecule has 20 heavy (non-hydrogen) atoms. The van der Waals surface area contributed by atoms with Gasteiger partial charge >= 0.3 is 12.0 Å². The summed E-state index contributed by atoms with van der Waals surface area (Å²) in [6, 6.07) is 6.11. The molecule has 110 valence electrons. The van der Waals surface area contributed by atoms with E-state index in [0.29, 0.717) is 12.1 Å². The molecule has 0 aliphatic rings. The highest BCUT2D eigenvalue weighted by Crippen LogP contribution is 2.15. The van der Waals surface area contributed by atoms with E-state index < -0.39 is 18.0 Å². The first-order chi connectivity index (χ1) is 9.43. The van der Waals surface area contributed by atoms with Gasteiger partial charge in [0.1, 0.15) is 6.04 Å². The fourth-order valence-electron chi connectivity index (χ4n) is 1.96. The third-order valence-corrected chi connectivity index (χ3v) is 2.96. The Morgan fingerprint density at radius 2 is 1.90 bits per heavy atom. The fourth-order valence-corrected chi connectivity index (χ4v) is 1.96. The molecule has 1 unspecified atom stereocenters. The summed E-state index contributed by atoms with van der Waals surface area (Å²) in [4.78, 5) is 23.0. The summed E-state index contributed by atoms with van der Waals surface area (Å²) in [5, 5.41) is 14.3. The Morgan fingerprint density at radius 1 is 1.25 bits per heavy atom. The number of aliphatic carboxylic acids is 1. The van der Waals surface area contributed by atoms with Crippen LogP contribution >= 0.6 is 0 Å². The van der Waals surface area contributed by atoms with Gasteiger partial charge in [-0.15, -0.1) is 0 Å². The number of nitrogens with one attached hydrogen (secondary N) is 2. The topological polar surface area (TPSA) is 78.4 Å². The number of anilines is 1. The molecule has 0 fully saturated rings. The summed E-state index contributed by atoms with van der Waals surface area (Å²) < 4.78 is 0. The largest absolute Gasteiger partial charge is 0.480 e. The van der Waals surface area contributed by atoms with Crippen LogP contribution in [0.4, 0.5) is 10.5 Å². The van der Waals surface area contributed by atoms with Crippen LogP contribution in [0.15, 0.2) is 24.3 Å². The minimum Gasteiger partial charge on any atom is -0.480 e. The van der Waals surface area contributed by atoms with Crippen molar-refractivity contribution in [1.82, 2.24) is 5.32 Å². The van der Waals surface area contributed by atoms with Crippen molar-refractivity contribution in [2.75, 3.05) is 5.32 Å². The zero-order chi connectivity index (χ0) is 15.1. The van der Waals surface area contributed by atoms with E-state index in [2.05, 4.69) is 10.6 Å². The molecule has 0 heterocycles. The molecule has 0 saturated carbocycles. The van der Waals surface area contributed by atoms with E-state index >= 15 is 0 Å². The lowest BCUT2D eigenvalue weighted by molar-refractivity contribution is -0.139. The van der Waals surface area contributed by atoms with E-state index in [1.807, 2.05) is 39.0 Å². The lowest BCUT2D eigenvalue weighted by atomic mass is 10.0. The van der Waals surface area contributed by atoms with Gasteiger partial charge in [0.05, 0.1) is 0 Å². The van der Waals surface area contributed by atoms with Crippen LogP contribution in [0, 0.1) is 5.92 Å². The Labute approximate surface area is 119 Å². The van der Waals surface area contributed by atoms with Crippen LogP contribution < -0.4 is 10.6 Å². The summed E-state index contributed by atoms with van der Waals surface area (Å²) >= 11 is 0. The summed E-state index contributed by atoms with van der Waals surface area (Å²) in [5.74, 6) is -0.822. The number of carbonyl (C=O) groups is 2. The number of rotatable bonds is 6. The van der Waals surface area contributed by atoms with Crippen LogP contribution in [-0.4, -0.2) is 23.1 Å². The van der Waals surface area contributed by atoms with Gasteiger partial charge in [-0.05, 0) is 30.4 Å². The number of carbonyl (C=O) groups excluding carboxylic acids is 1. The number of carboxylic acids is 1. The van der Waals surface area contributed by atoms with Crippen molar-refractivity contribution in [3.05, 3.63) is 29.8 Å².